The first kappa shape index (κ1) is 13.0. The molecule has 0 saturated carbocycles. The average Bonchev–Trinajstić information content (AvgIpc) is 2.88. The Morgan fingerprint density at radius 3 is 2.88 bits per heavy atom. The van der Waals surface area contributed by atoms with Crippen LogP contribution in [0.3, 0.4) is 0 Å². The summed E-state index contributed by atoms with van der Waals surface area (Å²) >= 11 is 13.4. The minimum absolute atomic E-state index is 0.196. The van der Waals surface area contributed by atoms with Crippen LogP contribution in [0.5, 0.6) is 0 Å². The lowest BCUT2D eigenvalue weighted by Crippen LogP contribution is -2.21. The second kappa shape index (κ2) is 5.91. The van der Waals surface area contributed by atoms with E-state index in [0.717, 1.165) is 33.0 Å². The van der Waals surface area contributed by atoms with E-state index in [-0.39, 0.29) is 6.04 Å². The highest BCUT2D eigenvalue weighted by atomic mass is 35.5. The molecular weight excluding hydrogens is 277 g/mol. The first-order valence-corrected chi connectivity index (χ1v) is 6.94. The van der Waals surface area contributed by atoms with E-state index in [9.17, 15) is 0 Å². The molecule has 0 aliphatic rings. The van der Waals surface area contributed by atoms with Crippen molar-refractivity contribution in [3.63, 3.8) is 0 Å². The molecule has 0 aromatic carbocycles. The van der Waals surface area contributed by atoms with Crippen LogP contribution in [0.15, 0.2) is 28.9 Å². The number of nitrogens with one attached hydrogen (secondary N) is 1. The molecule has 1 N–H and O–H groups in total. The van der Waals surface area contributed by atoms with Crippen molar-refractivity contribution in [3.05, 3.63) is 44.5 Å². The van der Waals surface area contributed by atoms with Gasteiger partial charge in [0, 0.05) is 19.0 Å². The molecule has 2 aromatic rings. The quantitative estimate of drug-likeness (QED) is 0.874. The zero-order valence-corrected chi connectivity index (χ0v) is 11.7. The Bertz CT molecular complexity index is 467. The van der Waals surface area contributed by atoms with Gasteiger partial charge in [-0.15, -0.1) is 11.3 Å². The van der Waals surface area contributed by atoms with Gasteiger partial charge in [-0.2, -0.15) is 0 Å². The smallest absolute Gasteiger partial charge is 0.105 e. The third-order valence-electron chi connectivity index (χ3n) is 2.55. The van der Waals surface area contributed by atoms with Crippen LogP contribution >= 0.6 is 34.5 Å². The van der Waals surface area contributed by atoms with E-state index in [0.29, 0.717) is 0 Å². The molecule has 0 amide bonds. The molecule has 2 nitrogen and oxygen atoms in total. The fourth-order valence-electron chi connectivity index (χ4n) is 1.62. The monoisotopic (exact) mass is 289 g/mol. The molecule has 2 aromatic heterocycles. The Labute approximate surface area is 115 Å². The predicted molar refractivity (Wildman–Crippen MR) is 73.2 cm³/mol. The van der Waals surface area contributed by atoms with Crippen LogP contribution in [-0.2, 0) is 6.42 Å². The molecule has 17 heavy (non-hydrogen) atoms. The lowest BCUT2D eigenvalue weighted by molar-refractivity contribution is 0.486. The van der Waals surface area contributed by atoms with E-state index in [4.69, 9.17) is 27.6 Å². The van der Waals surface area contributed by atoms with E-state index in [1.54, 1.807) is 6.26 Å². The fraction of sp³-hybridized carbons (Fsp3) is 0.333. The number of thiophene rings is 1. The van der Waals surface area contributed by atoms with Gasteiger partial charge in [0.15, 0.2) is 0 Å². The normalized spacial score (nSPS) is 12.9. The highest BCUT2D eigenvalue weighted by Crippen LogP contribution is 2.34. The molecule has 1 unspecified atom stereocenters. The van der Waals surface area contributed by atoms with Crippen LogP contribution in [0.25, 0.3) is 0 Å². The van der Waals surface area contributed by atoms with Crippen molar-refractivity contribution in [3.8, 4) is 0 Å². The third-order valence-corrected chi connectivity index (χ3v) is 4.07. The first-order valence-electron chi connectivity index (χ1n) is 5.37. The molecule has 0 fully saturated rings. The Morgan fingerprint density at radius 2 is 2.29 bits per heavy atom. The van der Waals surface area contributed by atoms with Crippen molar-refractivity contribution >= 4 is 34.5 Å². The molecule has 92 valence electrons. The number of halogens is 2. The topological polar surface area (TPSA) is 25.2 Å². The van der Waals surface area contributed by atoms with Crippen LogP contribution in [0.2, 0.25) is 8.67 Å². The van der Waals surface area contributed by atoms with Gasteiger partial charge in [-0.3, -0.25) is 0 Å². The van der Waals surface area contributed by atoms with Crippen molar-refractivity contribution in [1.82, 2.24) is 5.32 Å². The highest BCUT2D eigenvalue weighted by Gasteiger charge is 2.12. The van der Waals surface area contributed by atoms with Crippen molar-refractivity contribution in [2.75, 3.05) is 6.54 Å². The maximum Gasteiger partial charge on any atom is 0.105 e. The standard InChI is InChI=1S/C12H13Cl2NOS/c1-8(10-7-11(13)17-12(10)14)15-5-4-9-3-2-6-16-9/h2-3,6-8,15H,4-5H2,1H3. The molecular formula is C12H13Cl2NOS. The first-order chi connectivity index (χ1) is 8.16. The summed E-state index contributed by atoms with van der Waals surface area (Å²) in [4.78, 5) is 0. The number of hydrogen-bond donors (Lipinski definition) is 1. The van der Waals surface area contributed by atoms with Crippen molar-refractivity contribution in [1.29, 1.82) is 0 Å². The molecule has 5 heteroatoms. The Kier molecular flexibility index (Phi) is 4.51. The maximum atomic E-state index is 6.09. The minimum Gasteiger partial charge on any atom is -0.469 e. The summed E-state index contributed by atoms with van der Waals surface area (Å²) in [6.45, 7) is 2.92. The highest BCUT2D eigenvalue weighted by molar-refractivity contribution is 7.20. The summed E-state index contributed by atoms with van der Waals surface area (Å²) in [7, 11) is 0. The average molecular weight is 290 g/mol. The summed E-state index contributed by atoms with van der Waals surface area (Å²) in [6, 6.07) is 5.98. The molecule has 0 radical (unpaired) electrons. The minimum atomic E-state index is 0.196. The van der Waals surface area contributed by atoms with Crippen molar-refractivity contribution in [2.45, 2.75) is 19.4 Å². The Hall–Kier alpha value is -0.480. The summed E-state index contributed by atoms with van der Waals surface area (Å²) in [5, 5.41) is 3.39. The summed E-state index contributed by atoms with van der Waals surface area (Å²) in [5.74, 6) is 0.985. The Morgan fingerprint density at radius 1 is 1.47 bits per heavy atom. The maximum absolute atomic E-state index is 6.09. The van der Waals surface area contributed by atoms with Crippen LogP contribution in [0.1, 0.15) is 24.3 Å². The van der Waals surface area contributed by atoms with Gasteiger partial charge in [0.2, 0.25) is 0 Å². The van der Waals surface area contributed by atoms with Gasteiger partial charge in [-0.05, 0) is 30.7 Å². The van der Waals surface area contributed by atoms with Gasteiger partial charge in [0.1, 0.15) is 5.76 Å². The summed E-state index contributed by atoms with van der Waals surface area (Å²) < 4.78 is 6.75. The number of rotatable bonds is 5. The van der Waals surface area contributed by atoms with Gasteiger partial charge < -0.3 is 9.73 Å². The molecule has 1 atom stereocenters. The zero-order chi connectivity index (χ0) is 12.3. The molecule has 2 heterocycles. The summed E-state index contributed by atoms with van der Waals surface area (Å²) in [5.41, 5.74) is 1.06. The third kappa shape index (κ3) is 3.49. The molecule has 0 bridgehead atoms. The zero-order valence-electron chi connectivity index (χ0n) is 9.37. The van der Waals surface area contributed by atoms with E-state index in [2.05, 4.69) is 12.2 Å². The van der Waals surface area contributed by atoms with E-state index < -0.39 is 0 Å². The van der Waals surface area contributed by atoms with Gasteiger partial charge in [0.05, 0.1) is 14.9 Å². The van der Waals surface area contributed by atoms with Crippen LogP contribution in [-0.4, -0.2) is 6.54 Å². The van der Waals surface area contributed by atoms with E-state index in [1.807, 2.05) is 18.2 Å². The second-order valence-corrected chi connectivity index (χ2v) is 6.07. The number of furan rings is 1. The van der Waals surface area contributed by atoms with Gasteiger partial charge in [-0.1, -0.05) is 23.2 Å². The van der Waals surface area contributed by atoms with Gasteiger partial charge in [0.25, 0.3) is 0 Å². The molecule has 0 saturated heterocycles. The van der Waals surface area contributed by atoms with Crippen LogP contribution in [0.4, 0.5) is 0 Å². The largest absolute Gasteiger partial charge is 0.469 e. The molecule has 0 aliphatic carbocycles. The van der Waals surface area contributed by atoms with E-state index >= 15 is 0 Å². The lowest BCUT2D eigenvalue weighted by atomic mass is 10.2. The Balaban J connectivity index is 1.85. The molecule has 2 rings (SSSR count). The molecule has 0 aliphatic heterocycles. The predicted octanol–water partition coefficient (Wildman–Crippen LogP) is 4.54. The fourth-order valence-corrected chi connectivity index (χ4v) is 3.27. The van der Waals surface area contributed by atoms with Gasteiger partial charge in [-0.25, -0.2) is 0 Å². The summed E-state index contributed by atoms with van der Waals surface area (Å²) in [6.07, 6.45) is 2.56. The molecule has 0 spiro atoms. The SMILES string of the molecule is CC(NCCc1ccco1)c1cc(Cl)sc1Cl. The number of hydrogen-bond acceptors (Lipinski definition) is 3. The van der Waals surface area contributed by atoms with Crippen molar-refractivity contribution in [2.24, 2.45) is 0 Å². The van der Waals surface area contributed by atoms with Crippen LogP contribution < -0.4 is 5.32 Å². The second-order valence-electron chi connectivity index (χ2n) is 3.78. The lowest BCUT2D eigenvalue weighted by Gasteiger charge is -2.12. The van der Waals surface area contributed by atoms with Gasteiger partial charge >= 0.3 is 0 Å². The van der Waals surface area contributed by atoms with Crippen LogP contribution in [0, 0.1) is 0 Å². The van der Waals surface area contributed by atoms with E-state index in [1.165, 1.54) is 11.3 Å². The van der Waals surface area contributed by atoms with Crippen molar-refractivity contribution < 1.29 is 4.42 Å².